The Kier molecular flexibility index (Phi) is 3.74. The molecular formula is C16H21N3O. The van der Waals surface area contributed by atoms with E-state index < -0.39 is 0 Å². The summed E-state index contributed by atoms with van der Waals surface area (Å²) in [5, 5.41) is 0. The number of likely N-dealkylation sites (tertiary alicyclic amines) is 1. The van der Waals surface area contributed by atoms with E-state index in [4.69, 9.17) is 4.74 Å². The largest absolute Gasteiger partial charge is 0.496 e. The Morgan fingerprint density at radius 2 is 2.20 bits per heavy atom. The Morgan fingerprint density at radius 1 is 1.35 bits per heavy atom. The molecule has 2 heterocycles. The monoisotopic (exact) mass is 271 g/mol. The van der Waals surface area contributed by atoms with Gasteiger partial charge in [0.25, 0.3) is 0 Å². The summed E-state index contributed by atoms with van der Waals surface area (Å²) < 4.78 is 7.62. The van der Waals surface area contributed by atoms with Gasteiger partial charge in [-0.15, -0.1) is 0 Å². The predicted octanol–water partition coefficient (Wildman–Crippen LogP) is 2.77. The summed E-state index contributed by atoms with van der Waals surface area (Å²) in [7, 11) is 3.80. The van der Waals surface area contributed by atoms with Gasteiger partial charge in [0.15, 0.2) is 0 Å². The van der Waals surface area contributed by atoms with Crippen LogP contribution in [0.3, 0.4) is 0 Å². The highest BCUT2D eigenvalue weighted by atomic mass is 16.5. The van der Waals surface area contributed by atoms with Crippen molar-refractivity contribution in [2.45, 2.75) is 25.4 Å². The van der Waals surface area contributed by atoms with Gasteiger partial charge in [-0.05, 0) is 25.5 Å². The van der Waals surface area contributed by atoms with Crippen LogP contribution in [-0.4, -0.2) is 28.1 Å². The van der Waals surface area contributed by atoms with E-state index in [1.165, 1.54) is 24.1 Å². The van der Waals surface area contributed by atoms with Crippen LogP contribution in [0.15, 0.2) is 36.8 Å². The van der Waals surface area contributed by atoms with E-state index in [2.05, 4.69) is 39.7 Å². The SMILES string of the molecule is COc1ccccc1[C@H]1CCCN1Cc1cncn1C. The summed E-state index contributed by atoms with van der Waals surface area (Å²) in [6, 6.07) is 8.81. The maximum Gasteiger partial charge on any atom is 0.123 e. The van der Waals surface area contributed by atoms with Crippen LogP contribution < -0.4 is 4.74 Å². The third-order valence-corrected chi connectivity index (χ3v) is 4.14. The van der Waals surface area contributed by atoms with Gasteiger partial charge in [0.2, 0.25) is 0 Å². The minimum absolute atomic E-state index is 0.445. The average Bonchev–Trinajstić information content (AvgIpc) is 3.09. The maximum absolute atomic E-state index is 5.52. The maximum atomic E-state index is 5.52. The lowest BCUT2D eigenvalue weighted by Crippen LogP contribution is -2.24. The molecule has 0 unspecified atom stereocenters. The van der Waals surface area contributed by atoms with Gasteiger partial charge in [-0.2, -0.15) is 0 Å². The van der Waals surface area contributed by atoms with Gasteiger partial charge >= 0.3 is 0 Å². The van der Waals surface area contributed by atoms with E-state index >= 15 is 0 Å². The topological polar surface area (TPSA) is 30.3 Å². The van der Waals surface area contributed by atoms with Crippen molar-refractivity contribution in [2.24, 2.45) is 7.05 Å². The van der Waals surface area contributed by atoms with Crippen LogP contribution in [0.1, 0.15) is 30.1 Å². The molecule has 1 aromatic heterocycles. The molecule has 1 aliphatic rings. The van der Waals surface area contributed by atoms with Gasteiger partial charge in [0.05, 0.1) is 19.1 Å². The van der Waals surface area contributed by atoms with Crippen molar-refractivity contribution in [1.29, 1.82) is 0 Å². The van der Waals surface area contributed by atoms with Gasteiger partial charge in [-0.1, -0.05) is 18.2 Å². The normalized spacial score (nSPS) is 19.4. The summed E-state index contributed by atoms with van der Waals surface area (Å²) in [5.41, 5.74) is 2.56. The summed E-state index contributed by atoms with van der Waals surface area (Å²) in [6.45, 7) is 2.08. The van der Waals surface area contributed by atoms with Gasteiger partial charge in [0, 0.05) is 31.4 Å². The van der Waals surface area contributed by atoms with Crippen molar-refractivity contribution in [1.82, 2.24) is 14.5 Å². The Labute approximate surface area is 120 Å². The summed E-state index contributed by atoms with van der Waals surface area (Å²) in [5.74, 6) is 0.995. The van der Waals surface area contributed by atoms with Crippen LogP contribution in [0.25, 0.3) is 0 Å². The van der Waals surface area contributed by atoms with Crippen LogP contribution in [0, 0.1) is 0 Å². The second-order valence-corrected chi connectivity index (χ2v) is 5.37. The lowest BCUT2D eigenvalue weighted by atomic mass is 10.0. The fraction of sp³-hybridized carbons (Fsp3) is 0.438. The molecule has 1 aromatic carbocycles. The highest BCUT2D eigenvalue weighted by Crippen LogP contribution is 2.37. The zero-order valence-corrected chi connectivity index (χ0v) is 12.1. The quantitative estimate of drug-likeness (QED) is 0.856. The van der Waals surface area contributed by atoms with Gasteiger partial charge < -0.3 is 9.30 Å². The van der Waals surface area contributed by atoms with Gasteiger partial charge in [0.1, 0.15) is 5.75 Å². The first-order valence-electron chi connectivity index (χ1n) is 7.11. The molecule has 0 bridgehead atoms. The fourth-order valence-electron chi connectivity index (χ4n) is 3.05. The lowest BCUT2D eigenvalue weighted by Gasteiger charge is -2.26. The second kappa shape index (κ2) is 5.67. The molecule has 106 valence electrons. The number of aryl methyl sites for hydroxylation is 1. The molecule has 2 aromatic rings. The molecule has 0 N–H and O–H groups in total. The minimum atomic E-state index is 0.445. The minimum Gasteiger partial charge on any atom is -0.496 e. The molecule has 1 fully saturated rings. The second-order valence-electron chi connectivity index (χ2n) is 5.37. The van der Waals surface area contributed by atoms with Crippen molar-refractivity contribution in [3.8, 4) is 5.75 Å². The molecule has 0 spiro atoms. The first-order chi connectivity index (χ1) is 9.79. The molecule has 0 amide bonds. The molecule has 20 heavy (non-hydrogen) atoms. The molecule has 1 atom stereocenters. The van der Waals surface area contributed by atoms with Crippen LogP contribution >= 0.6 is 0 Å². The van der Waals surface area contributed by atoms with Crippen molar-refractivity contribution >= 4 is 0 Å². The van der Waals surface area contributed by atoms with Crippen LogP contribution in [0.4, 0.5) is 0 Å². The Bertz CT molecular complexity index is 579. The molecule has 0 saturated carbocycles. The highest BCUT2D eigenvalue weighted by Gasteiger charge is 2.28. The van der Waals surface area contributed by atoms with E-state index in [1.54, 1.807) is 7.11 Å². The van der Waals surface area contributed by atoms with Crippen molar-refractivity contribution in [3.05, 3.63) is 48.0 Å². The standard InChI is InChI=1S/C16H21N3O/c1-18-12-17-10-13(18)11-19-9-5-7-15(19)14-6-3-4-8-16(14)20-2/h3-4,6,8,10,12,15H,5,7,9,11H2,1-2H3/t15-/m1/s1. The predicted molar refractivity (Wildman–Crippen MR) is 78.6 cm³/mol. The first kappa shape index (κ1) is 13.2. The first-order valence-corrected chi connectivity index (χ1v) is 7.11. The Hall–Kier alpha value is -1.81. The highest BCUT2D eigenvalue weighted by molar-refractivity contribution is 5.36. The summed E-state index contributed by atoms with van der Waals surface area (Å²) in [4.78, 5) is 6.73. The van der Waals surface area contributed by atoms with Crippen LogP contribution in [0.2, 0.25) is 0 Å². The van der Waals surface area contributed by atoms with E-state index in [0.717, 1.165) is 18.8 Å². The average molecular weight is 271 g/mol. The van der Waals surface area contributed by atoms with Crippen LogP contribution in [-0.2, 0) is 13.6 Å². The molecule has 4 heteroatoms. The Balaban J connectivity index is 1.83. The van der Waals surface area contributed by atoms with E-state index in [1.807, 2.05) is 18.6 Å². The summed E-state index contributed by atoms with van der Waals surface area (Å²) in [6.07, 6.45) is 6.25. The number of ether oxygens (including phenoxy) is 1. The molecule has 1 saturated heterocycles. The third-order valence-electron chi connectivity index (χ3n) is 4.14. The zero-order valence-electron chi connectivity index (χ0n) is 12.1. The number of rotatable bonds is 4. The summed E-state index contributed by atoms with van der Waals surface area (Å²) >= 11 is 0. The number of nitrogens with zero attached hydrogens (tertiary/aromatic N) is 3. The van der Waals surface area contributed by atoms with Gasteiger partial charge in [-0.3, -0.25) is 4.90 Å². The molecule has 1 aliphatic heterocycles. The van der Waals surface area contributed by atoms with Crippen LogP contribution in [0.5, 0.6) is 5.75 Å². The lowest BCUT2D eigenvalue weighted by molar-refractivity contribution is 0.238. The van der Waals surface area contributed by atoms with Crippen molar-refractivity contribution < 1.29 is 4.74 Å². The van der Waals surface area contributed by atoms with E-state index in [9.17, 15) is 0 Å². The molecule has 0 radical (unpaired) electrons. The molecular weight excluding hydrogens is 250 g/mol. The zero-order chi connectivity index (χ0) is 13.9. The van der Waals surface area contributed by atoms with E-state index in [0.29, 0.717) is 6.04 Å². The molecule has 3 rings (SSSR count). The number of hydrogen-bond donors (Lipinski definition) is 0. The van der Waals surface area contributed by atoms with Gasteiger partial charge in [-0.25, -0.2) is 4.98 Å². The number of benzene rings is 1. The third kappa shape index (κ3) is 2.43. The van der Waals surface area contributed by atoms with Crippen molar-refractivity contribution in [3.63, 3.8) is 0 Å². The molecule has 0 aliphatic carbocycles. The number of para-hydroxylation sites is 1. The Morgan fingerprint density at radius 3 is 2.95 bits per heavy atom. The number of imidazole rings is 1. The van der Waals surface area contributed by atoms with E-state index in [-0.39, 0.29) is 0 Å². The fourth-order valence-corrected chi connectivity index (χ4v) is 3.05. The number of hydrogen-bond acceptors (Lipinski definition) is 3. The molecule has 4 nitrogen and oxygen atoms in total. The van der Waals surface area contributed by atoms with Crippen molar-refractivity contribution in [2.75, 3.05) is 13.7 Å². The number of aromatic nitrogens is 2. The number of methoxy groups -OCH3 is 1. The smallest absolute Gasteiger partial charge is 0.123 e.